The molecular weight excluding hydrogens is 270 g/mol. The van der Waals surface area contributed by atoms with Crippen molar-refractivity contribution in [1.29, 1.82) is 5.26 Å². The highest BCUT2D eigenvalue weighted by Gasteiger charge is 2.06. The molecule has 0 aromatic heterocycles. The van der Waals surface area contributed by atoms with Crippen LogP contribution in [0, 0.1) is 17.2 Å². The molecule has 1 aromatic rings. The Balaban J connectivity index is 2.75. The Bertz CT molecular complexity index is 544. The average Bonchev–Trinajstić information content (AvgIpc) is 2.48. The summed E-state index contributed by atoms with van der Waals surface area (Å²) in [5.41, 5.74) is 0.776. The number of rotatable bonds is 7. The van der Waals surface area contributed by atoms with E-state index in [1.165, 1.54) is 6.08 Å². The van der Waals surface area contributed by atoms with Crippen molar-refractivity contribution < 1.29 is 19.0 Å². The van der Waals surface area contributed by atoms with Gasteiger partial charge in [-0.1, -0.05) is 19.9 Å². The first kappa shape index (κ1) is 16.6. The van der Waals surface area contributed by atoms with Gasteiger partial charge >= 0.3 is 5.97 Å². The summed E-state index contributed by atoms with van der Waals surface area (Å²) in [7, 11) is 1.56. The van der Waals surface area contributed by atoms with Crippen LogP contribution in [0.5, 0.6) is 11.5 Å². The summed E-state index contributed by atoms with van der Waals surface area (Å²) >= 11 is 0. The maximum absolute atomic E-state index is 11.3. The molecule has 1 aromatic carbocycles. The van der Waals surface area contributed by atoms with E-state index >= 15 is 0 Å². The molecule has 0 unspecified atom stereocenters. The molecule has 1 rings (SSSR count). The Morgan fingerprint density at radius 3 is 2.76 bits per heavy atom. The third kappa shape index (κ3) is 6.00. The Morgan fingerprint density at radius 2 is 2.14 bits per heavy atom. The topological polar surface area (TPSA) is 68.5 Å². The normalized spacial score (nSPS) is 10.4. The van der Waals surface area contributed by atoms with Gasteiger partial charge in [-0.15, -0.1) is 0 Å². The molecule has 0 spiro atoms. The molecule has 0 saturated heterocycles. The highest BCUT2D eigenvalue weighted by molar-refractivity contribution is 5.87. The highest BCUT2D eigenvalue weighted by atomic mass is 16.5. The predicted molar refractivity (Wildman–Crippen MR) is 78.9 cm³/mol. The lowest BCUT2D eigenvalue weighted by atomic mass is 10.2. The van der Waals surface area contributed by atoms with Crippen LogP contribution in [0.3, 0.4) is 0 Å². The van der Waals surface area contributed by atoms with Crippen LogP contribution in [0.15, 0.2) is 24.3 Å². The van der Waals surface area contributed by atoms with Gasteiger partial charge in [0.2, 0.25) is 0 Å². The lowest BCUT2D eigenvalue weighted by molar-refractivity contribution is -0.136. The molecule has 0 aliphatic heterocycles. The minimum absolute atomic E-state index is 0.255. The van der Waals surface area contributed by atoms with Crippen LogP contribution in [-0.4, -0.2) is 26.3 Å². The fraction of sp³-hybridized carbons (Fsp3) is 0.375. The fourth-order valence-electron chi connectivity index (χ4n) is 1.48. The van der Waals surface area contributed by atoms with Gasteiger partial charge in [-0.2, -0.15) is 5.26 Å². The maximum Gasteiger partial charge on any atom is 0.331 e. The van der Waals surface area contributed by atoms with Crippen molar-refractivity contribution >= 4 is 12.0 Å². The second-order valence-electron chi connectivity index (χ2n) is 4.71. The fourth-order valence-corrected chi connectivity index (χ4v) is 1.48. The Labute approximate surface area is 124 Å². The molecule has 21 heavy (non-hydrogen) atoms. The van der Waals surface area contributed by atoms with Gasteiger partial charge in [0.05, 0.1) is 13.7 Å². The van der Waals surface area contributed by atoms with Crippen LogP contribution < -0.4 is 9.47 Å². The standard InChI is InChI=1S/C16H19NO4/c1-12(2)11-21-14-6-4-13(10-15(14)19-3)5-7-16(18)20-9-8-17/h4-7,10,12H,9,11H2,1-3H3/b7-5+. The number of hydrogen-bond donors (Lipinski definition) is 0. The van der Waals surface area contributed by atoms with Gasteiger partial charge in [0.15, 0.2) is 18.1 Å². The van der Waals surface area contributed by atoms with Crippen LogP contribution in [0.25, 0.3) is 6.08 Å². The van der Waals surface area contributed by atoms with Crippen molar-refractivity contribution in [3.8, 4) is 17.6 Å². The number of nitriles is 1. The zero-order valence-electron chi connectivity index (χ0n) is 12.5. The summed E-state index contributed by atoms with van der Waals surface area (Å²) in [6.07, 6.45) is 2.86. The van der Waals surface area contributed by atoms with Crippen LogP contribution in [0.1, 0.15) is 19.4 Å². The monoisotopic (exact) mass is 289 g/mol. The van der Waals surface area contributed by atoms with E-state index in [1.807, 2.05) is 6.07 Å². The largest absolute Gasteiger partial charge is 0.493 e. The third-order valence-corrected chi connectivity index (χ3v) is 2.45. The zero-order chi connectivity index (χ0) is 15.7. The number of ether oxygens (including phenoxy) is 3. The Hall–Kier alpha value is -2.48. The van der Waals surface area contributed by atoms with E-state index in [1.54, 1.807) is 31.4 Å². The molecule has 0 aliphatic rings. The van der Waals surface area contributed by atoms with E-state index in [4.69, 9.17) is 14.7 Å². The van der Waals surface area contributed by atoms with E-state index in [0.717, 1.165) is 5.56 Å². The summed E-state index contributed by atoms with van der Waals surface area (Å²) in [5.74, 6) is 1.12. The molecule has 0 aliphatic carbocycles. The number of hydrogen-bond acceptors (Lipinski definition) is 5. The average molecular weight is 289 g/mol. The molecule has 0 saturated carbocycles. The van der Waals surface area contributed by atoms with Gasteiger partial charge in [-0.05, 0) is 29.7 Å². The maximum atomic E-state index is 11.3. The first-order valence-corrected chi connectivity index (χ1v) is 6.59. The molecule has 112 valence electrons. The summed E-state index contributed by atoms with van der Waals surface area (Å²) in [4.78, 5) is 11.3. The summed E-state index contributed by atoms with van der Waals surface area (Å²) in [5, 5.41) is 8.31. The van der Waals surface area contributed by atoms with Crippen molar-refractivity contribution in [3.05, 3.63) is 29.8 Å². The smallest absolute Gasteiger partial charge is 0.331 e. The Kier molecular flexibility index (Phi) is 6.82. The van der Waals surface area contributed by atoms with Crippen LogP contribution in [0.2, 0.25) is 0 Å². The summed E-state index contributed by atoms with van der Waals surface area (Å²) in [6, 6.07) is 7.10. The van der Waals surface area contributed by atoms with Crippen molar-refractivity contribution in [2.75, 3.05) is 20.3 Å². The lowest BCUT2D eigenvalue weighted by Crippen LogP contribution is -2.05. The van der Waals surface area contributed by atoms with Crippen molar-refractivity contribution in [3.63, 3.8) is 0 Å². The van der Waals surface area contributed by atoms with Gasteiger partial charge in [-0.3, -0.25) is 0 Å². The number of carbonyl (C=O) groups excluding carboxylic acids is 1. The molecule has 0 radical (unpaired) electrons. The van der Waals surface area contributed by atoms with Crippen LogP contribution >= 0.6 is 0 Å². The van der Waals surface area contributed by atoms with E-state index in [9.17, 15) is 4.79 Å². The summed E-state index contributed by atoms with van der Waals surface area (Å²) < 4.78 is 15.5. The van der Waals surface area contributed by atoms with Crippen LogP contribution in [0.4, 0.5) is 0 Å². The highest BCUT2D eigenvalue weighted by Crippen LogP contribution is 2.28. The molecule has 0 fully saturated rings. The van der Waals surface area contributed by atoms with E-state index in [0.29, 0.717) is 24.0 Å². The van der Waals surface area contributed by atoms with Gasteiger partial charge < -0.3 is 14.2 Å². The molecule has 5 nitrogen and oxygen atoms in total. The van der Waals surface area contributed by atoms with Crippen molar-refractivity contribution in [2.24, 2.45) is 5.92 Å². The van der Waals surface area contributed by atoms with Crippen molar-refractivity contribution in [1.82, 2.24) is 0 Å². The SMILES string of the molecule is COc1cc(/C=C/C(=O)OCC#N)ccc1OCC(C)C. The molecule has 0 heterocycles. The number of carbonyl (C=O) groups is 1. The third-order valence-electron chi connectivity index (χ3n) is 2.45. The Morgan fingerprint density at radius 1 is 1.38 bits per heavy atom. The first-order valence-electron chi connectivity index (χ1n) is 6.59. The van der Waals surface area contributed by atoms with Gasteiger partial charge in [-0.25, -0.2) is 4.79 Å². The second-order valence-corrected chi connectivity index (χ2v) is 4.71. The number of esters is 1. The quantitative estimate of drug-likeness (QED) is 0.570. The minimum atomic E-state index is -0.560. The second kappa shape index (κ2) is 8.64. The molecule has 0 atom stereocenters. The van der Waals surface area contributed by atoms with Crippen molar-refractivity contribution in [2.45, 2.75) is 13.8 Å². The minimum Gasteiger partial charge on any atom is -0.493 e. The zero-order valence-corrected chi connectivity index (χ0v) is 12.5. The van der Waals surface area contributed by atoms with Gasteiger partial charge in [0.25, 0.3) is 0 Å². The first-order chi connectivity index (χ1) is 10.1. The number of benzene rings is 1. The lowest BCUT2D eigenvalue weighted by Gasteiger charge is -2.12. The molecule has 5 heteroatoms. The number of nitrogens with zero attached hydrogens (tertiary/aromatic N) is 1. The molecule has 0 bridgehead atoms. The number of methoxy groups -OCH3 is 1. The van der Waals surface area contributed by atoms with E-state index in [-0.39, 0.29) is 6.61 Å². The molecule has 0 N–H and O–H groups in total. The van der Waals surface area contributed by atoms with Gasteiger partial charge in [0, 0.05) is 6.08 Å². The molecule has 0 amide bonds. The van der Waals surface area contributed by atoms with Gasteiger partial charge in [0.1, 0.15) is 6.07 Å². The van der Waals surface area contributed by atoms with E-state index in [2.05, 4.69) is 18.6 Å². The predicted octanol–water partition coefficient (Wildman–Crippen LogP) is 2.81. The van der Waals surface area contributed by atoms with Crippen LogP contribution in [-0.2, 0) is 9.53 Å². The molecular formula is C16H19NO4. The van der Waals surface area contributed by atoms with E-state index < -0.39 is 5.97 Å². The summed E-state index contributed by atoms with van der Waals surface area (Å²) in [6.45, 7) is 4.48.